The van der Waals surface area contributed by atoms with Crippen molar-refractivity contribution in [2.24, 2.45) is 5.92 Å². The second-order valence-electron chi connectivity index (χ2n) is 10.8. The molecule has 9 heteroatoms. The summed E-state index contributed by atoms with van der Waals surface area (Å²) in [6.07, 6.45) is 7.56. The number of unbranched alkanes of at least 4 members (excludes halogenated alkanes) is 1. The van der Waals surface area contributed by atoms with Gasteiger partial charge in [0.05, 0.1) is 7.11 Å². The first-order valence-electron chi connectivity index (χ1n) is 15.2. The lowest BCUT2D eigenvalue weighted by atomic mass is 9.99. The van der Waals surface area contributed by atoms with Gasteiger partial charge in [-0.05, 0) is 74.8 Å². The number of carboxylic acids is 1. The summed E-state index contributed by atoms with van der Waals surface area (Å²) in [6, 6.07) is 10.9. The van der Waals surface area contributed by atoms with Crippen LogP contribution in [0.5, 0.6) is 11.5 Å². The molecule has 1 aliphatic heterocycles. The predicted molar refractivity (Wildman–Crippen MR) is 162 cm³/mol. The van der Waals surface area contributed by atoms with Crippen LogP contribution in [0.25, 0.3) is 0 Å². The van der Waals surface area contributed by atoms with Gasteiger partial charge in [0.25, 0.3) is 0 Å². The minimum Gasteiger partial charge on any atom is -0.497 e. The van der Waals surface area contributed by atoms with Crippen LogP contribution in [0.2, 0.25) is 0 Å². The Bertz CT molecular complexity index is 1090. The van der Waals surface area contributed by atoms with Crippen LogP contribution in [0, 0.1) is 5.92 Å². The van der Waals surface area contributed by atoms with Crippen LogP contribution >= 0.6 is 0 Å². The van der Waals surface area contributed by atoms with E-state index in [0.717, 1.165) is 81.0 Å². The quantitative estimate of drug-likeness (QED) is 0.204. The van der Waals surface area contributed by atoms with Crippen molar-refractivity contribution < 1.29 is 24.2 Å². The number of methoxy groups -OCH3 is 1. The Labute approximate surface area is 245 Å². The fourth-order valence-corrected chi connectivity index (χ4v) is 5.13. The zero-order valence-corrected chi connectivity index (χ0v) is 25.0. The molecule has 0 aliphatic carbocycles. The molecule has 0 saturated heterocycles. The van der Waals surface area contributed by atoms with E-state index in [1.54, 1.807) is 7.11 Å². The zero-order valence-electron chi connectivity index (χ0n) is 25.0. The van der Waals surface area contributed by atoms with Crippen LogP contribution in [0.15, 0.2) is 36.4 Å². The molecule has 0 spiro atoms. The molecule has 1 aliphatic rings. The van der Waals surface area contributed by atoms with Gasteiger partial charge in [-0.2, -0.15) is 0 Å². The Morgan fingerprint density at radius 1 is 1.10 bits per heavy atom. The number of hydrogen-bond acceptors (Lipinski definition) is 7. The van der Waals surface area contributed by atoms with E-state index in [0.29, 0.717) is 32.5 Å². The van der Waals surface area contributed by atoms with E-state index in [2.05, 4.69) is 41.5 Å². The fraction of sp³-hybridized carbons (Fsp3) is 0.594. The normalized spacial score (nSPS) is 13.4. The molecule has 41 heavy (non-hydrogen) atoms. The Hall–Kier alpha value is -3.33. The SMILES string of the molecule is CCC(CC)CC(=O)N[C@@H](CCN(CCCCc1ccc2c(n1)NCCC2)CCOc1cccc(OC)c1)C(=O)O. The van der Waals surface area contributed by atoms with Crippen LogP contribution in [0.4, 0.5) is 5.82 Å². The Balaban J connectivity index is 1.53. The number of amides is 1. The van der Waals surface area contributed by atoms with Crippen molar-refractivity contribution in [3.05, 3.63) is 47.7 Å². The molecule has 0 fully saturated rings. The maximum Gasteiger partial charge on any atom is 0.326 e. The second-order valence-corrected chi connectivity index (χ2v) is 10.8. The highest BCUT2D eigenvalue weighted by Crippen LogP contribution is 2.21. The first-order chi connectivity index (χ1) is 19.9. The van der Waals surface area contributed by atoms with Crippen molar-refractivity contribution >= 4 is 17.7 Å². The van der Waals surface area contributed by atoms with Crippen molar-refractivity contribution in [1.29, 1.82) is 0 Å². The van der Waals surface area contributed by atoms with E-state index in [4.69, 9.17) is 14.5 Å². The van der Waals surface area contributed by atoms with Gasteiger partial charge in [0.1, 0.15) is 30.0 Å². The summed E-state index contributed by atoms with van der Waals surface area (Å²) in [6.45, 7) is 7.55. The van der Waals surface area contributed by atoms with Crippen LogP contribution < -0.4 is 20.1 Å². The number of aryl methyl sites for hydroxylation is 2. The summed E-state index contributed by atoms with van der Waals surface area (Å²) in [5.41, 5.74) is 2.39. The molecule has 0 unspecified atom stereocenters. The number of hydrogen-bond donors (Lipinski definition) is 3. The maximum atomic E-state index is 12.5. The highest BCUT2D eigenvalue weighted by atomic mass is 16.5. The number of carbonyl (C=O) groups is 2. The van der Waals surface area contributed by atoms with E-state index < -0.39 is 12.0 Å². The van der Waals surface area contributed by atoms with Crippen LogP contribution in [0.3, 0.4) is 0 Å². The lowest BCUT2D eigenvalue weighted by Crippen LogP contribution is -2.44. The van der Waals surface area contributed by atoms with E-state index in [9.17, 15) is 14.7 Å². The van der Waals surface area contributed by atoms with Gasteiger partial charge in [0, 0.05) is 37.8 Å². The monoisotopic (exact) mass is 568 g/mol. The van der Waals surface area contributed by atoms with Crippen molar-refractivity contribution in [2.75, 3.05) is 45.2 Å². The molecule has 2 heterocycles. The Morgan fingerprint density at radius 3 is 2.66 bits per heavy atom. The minimum atomic E-state index is -0.998. The number of carboxylic acid groups (broad SMARTS) is 1. The fourth-order valence-electron chi connectivity index (χ4n) is 5.13. The molecule has 1 aromatic heterocycles. The maximum absolute atomic E-state index is 12.5. The summed E-state index contributed by atoms with van der Waals surface area (Å²) in [5, 5.41) is 16.0. The molecular weight excluding hydrogens is 520 g/mol. The molecule has 0 radical (unpaired) electrons. The third-order valence-electron chi connectivity index (χ3n) is 7.82. The van der Waals surface area contributed by atoms with E-state index in [1.165, 1.54) is 5.56 Å². The van der Waals surface area contributed by atoms with E-state index >= 15 is 0 Å². The number of anilines is 1. The largest absolute Gasteiger partial charge is 0.497 e. The molecule has 1 atom stereocenters. The second kappa shape index (κ2) is 17.5. The van der Waals surface area contributed by atoms with Crippen molar-refractivity contribution in [3.8, 4) is 11.5 Å². The first-order valence-corrected chi connectivity index (χ1v) is 15.2. The number of nitrogens with zero attached hydrogens (tertiary/aromatic N) is 2. The summed E-state index contributed by atoms with van der Waals surface area (Å²) in [5.74, 6) is 1.58. The number of carbonyl (C=O) groups excluding carboxylic acids is 1. The van der Waals surface area contributed by atoms with Gasteiger partial charge in [0.15, 0.2) is 0 Å². The average Bonchev–Trinajstić information content (AvgIpc) is 2.99. The smallest absolute Gasteiger partial charge is 0.326 e. The van der Waals surface area contributed by atoms with Gasteiger partial charge in [-0.1, -0.05) is 38.8 Å². The minimum absolute atomic E-state index is 0.189. The first kappa shape index (κ1) is 32.2. The van der Waals surface area contributed by atoms with E-state index in [1.807, 2.05) is 24.3 Å². The summed E-state index contributed by atoms with van der Waals surface area (Å²) in [7, 11) is 1.62. The molecule has 3 rings (SSSR count). The predicted octanol–water partition coefficient (Wildman–Crippen LogP) is 4.94. The molecule has 3 N–H and O–H groups in total. The third-order valence-corrected chi connectivity index (χ3v) is 7.82. The Morgan fingerprint density at radius 2 is 1.90 bits per heavy atom. The number of fused-ring (bicyclic) bond motifs is 1. The number of nitrogens with one attached hydrogen (secondary N) is 2. The van der Waals surface area contributed by atoms with Crippen molar-refractivity contribution in [3.63, 3.8) is 0 Å². The molecule has 1 aromatic carbocycles. The summed E-state index contributed by atoms with van der Waals surface area (Å²) >= 11 is 0. The van der Waals surface area contributed by atoms with Gasteiger partial charge in [-0.3, -0.25) is 9.69 Å². The zero-order chi connectivity index (χ0) is 29.5. The highest BCUT2D eigenvalue weighted by molar-refractivity contribution is 5.83. The third kappa shape index (κ3) is 11.2. The van der Waals surface area contributed by atoms with Crippen LogP contribution in [0.1, 0.15) is 70.1 Å². The molecule has 2 aromatic rings. The number of ether oxygens (including phenoxy) is 2. The molecule has 0 saturated carbocycles. The van der Waals surface area contributed by atoms with Gasteiger partial charge in [0.2, 0.25) is 5.91 Å². The lowest BCUT2D eigenvalue weighted by molar-refractivity contribution is -0.142. The number of benzene rings is 1. The van der Waals surface area contributed by atoms with Gasteiger partial charge >= 0.3 is 5.97 Å². The number of pyridine rings is 1. The van der Waals surface area contributed by atoms with Crippen molar-refractivity contribution in [1.82, 2.24) is 15.2 Å². The highest BCUT2D eigenvalue weighted by Gasteiger charge is 2.22. The summed E-state index contributed by atoms with van der Waals surface area (Å²) in [4.78, 5) is 31.5. The number of aliphatic carboxylic acids is 1. The Kier molecular flexibility index (Phi) is 13.7. The molecule has 0 bridgehead atoms. The van der Waals surface area contributed by atoms with E-state index in [-0.39, 0.29) is 11.8 Å². The molecule has 226 valence electrons. The van der Waals surface area contributed by atoms with Gasteiger partial charge in [-0.25, -0.2) is 9.78 Å². The average molecular weight is 569 g/mol. The number of rotatable bonds is 19. The van der Waals surface area contributed by atoms with Crippen LogP contribution in [-0.2, 0) is 22.4 Å². The topological polar surface area (TPSA) is 113 Å². The summed E-state index contributed by atoms with van der Waals surface area (Å²) < 4.78 is 11.3. The van der Waals surface area contributed by atoms with Gasteiger partial charge < -0.3 is 25.2 Å². The van der Waals surface area contributed by atoms with Gasteiger partial charge in [-0.15, -0.1) is 0 Å². The molecular formula is C32H48N4O5. The number of aromatic nitrogens is 1. The van der Waals surface area contributed by atoms with Crippen LogP contribution in [-0.4, -0.2) is 72.8 Å². The standard InChI is InChI=1S/C32H48N4O5/c1-4-24(5-2)22-30(37)35-29(32(38)39)16-19-36(20-21-41-28-13-8-12-27(23-28)40-3)18-7-6-11-26-15-14-25-10-9-17-33-31(25)34-26/h8,12-15,23-24,29H,4-7,9-11,16-22H2,1-3H3,(H,33,34)(H,35,37)(H,38,39)/t29-/m0/s1. The molecule has 1 amide bonds. The molecule has 9 nitrogen and oxygen atoms in total. The lowest BCUT2D eigenvalue weighted by Gasteiger charge is -2.25. The van der Waals surface area contributed by atoms with Crippen molar-refractivity contribution in [2.45, 2.75) is 77.7 Å².